The normalized spacial score (nSPS) is 23.3. The highest BCUT2D eigenvalue weighted by Crippen LogP contribution is 2.28. The average molecular weight is 345 g/mol. The maximum Gasteiger partial charge on any atom is 0.0695 e. The van der Waals surface area contributed by atoms with Crippen molar-refractivity contribution in [3.63, 3.8) is 0 Å². The minimum Gasteiger partial charge on any atom is -0.296 e. The van der Waals surface area contributed by atoms with Gasteiger partial charge in [0.25, 0.3) is 0 Å². The molecule has 0 spiro atoms. The van der Waals surface area contributed by atoms with Crippen LogP contribution in [0.5, 0.6) is 0 Å². The summed E-state index contributed by atoms with van der Waals surface area (Å²) in [5, 5.41) is 8.17. The molecular formula is C19H25ClN4. The van der Waals surface area contributed by atoms with Crippen molar-refractivity contribution in [1.82, 2.24) is 20.0 Å². The molecule has 2 fully saturated rings. The van der Waals surface area contributed by atoms with Crippen LogP contribution in [0.4, 0.5) is 0 Å². The van der Waals surface area contributed by atoms with Crippen LogP contribution in [0.3, 0.4) is 0 Å². The van der Waals surface area contributed by atoms with Crippen molar-refractivity contribution >= 4 is 11.6 Å². The molecule has 2 saturated heterocycles. The van der Waals surface area contributed by atoms with Crippen LogP contribution in [0, 0.1) is 0 Å². The second-order valence-electron chi connectivity index (χ2n) is 7.21. The van der Waals surface area contributed by atoms with Crippen LogP contribution < -0.4 is 0 Å². The van der Waals surface area contributed by atoms with Crippen LogP contribution in [0.15, 0.2) is 30.5 Å². The van der Waals surface area contributed by atoms with Gasteiger partial charge in [-0.1, -0.05) is 30.2 Å². The minimum absolute atomic E-state index is 0.742. The molecule has 4 nitrogen and oxygen atoms in total. The zero-order valence-electron chi connectivity index (χ0n) is 14.2. The fourth-order valence-electron chi connectivity index (χ4n) is 4.08. The van der Waals surface area contributed by atoms with Crippen molar-refractivity contribution in [1.29, 1.82) is 0 Å². The number of benzene rings is 1. The second kappa shape index (κ2) is 6.87. The molecule has 2 aliphatic rings. The van der Waals surface area contributed by atoms with Crippen molar-refractivity contribution in [2.75, 3.05) is 19.6 Å². The average Bonchev–Trinajstić information content (AvgIpc) is 3.00. The number of rotatable bonds is 4. The van der Waals surface area contributed by atoms with Gasteiger partial charge in [0.15, 0.2) is 0 Å². The van der Waals surface area contributed by atoms with Crippen LogP contribution in [0.25, 0.3) is 11.3 Å². The highest BCUT2D eigenvalue weighted by Gasteiger charge is 2.35. The maximum absolute atomic E-state index is 5.99. The second-order valence-corrected chi connectivity index (χ2v) is 7.64. The number of aromatic nitrogens is 2. The lowest BCUT2D eigenvalue weighted by Crippen LogP contribution is -2.61. The van der Waals surface area contributed by atoms with E-state index in [2.05, 4.69) is 26.9 Å². The summed E-state index contributed by atoms with van der Waals surface area (Å²) in [6.07, 6.45) is 6.08. The summed E-state index contributed by atoms with van der Waals surface area (Å²) in [5.41, 5.74) is 3.53. The van der Waals surface area contributed by atoms with E-state index in [1.54, 1.807) is 0 Å². The van der Waals surface area contributed by atoms with Gasteiger partial charge in [-0.3, -0.25) is 14.9 Å². The number of nitrogens with one attached hydrogen (secondary N) is 1. The number of likely N-dealkylation sites (tertiary alicyclic amines) is 2. The van der Waals surface area contributed by atoms with Gasteiger partial charge in [0.2, 0.25) is 0 Å². The van der Waals surface area contributed by atoms with E-state index in [0.717, 1.165) is 34.9 Å². The molecule has 1 N–H and O–H groups in total. The van der Waals surface area contributed by atoms with Gasteiger partial charge in [-0.05, 0) is 44.0 Å². The highest BCUT2D eigenvalue weighted by atomic mass is 35.5. The fourth-order valence-corrected chi connectivity index (χ4v) is 4.21. The predicted octanol–water partition coefficient (Wildman–Crippen LogP) is 3.79. The van der Waals surface area contributed by atoms with Crippen LogP contribution in [-0.2, 0) is 6.54 Å². The van der Waals surface area contributed by atoms with Crippen LogP contribution in [0.1, 0.15) is 31.7 Å². The van der Waals surface area contributed by atoms with Crippen molar-refractivity contribution < 1.29 is 0 Å². The molecule has 0 amide bonds. The third-order valence-corrected chi connectivity index (χ3v) is 5.76. The molecule has 1 atom stereocenters. The number of hydrogen-bond donors (Lipinski definition) is 1. The van der Waals surface area contributed by atoms with Gasteiger partial charge < -0.3 is 0 Å². The lowest BCUT2D eigenvalue weighted by molar-refractivity contribution is -0.00613. The lowest BCUT2D eigenvalue weighted by atomic mass is 9.97. The van der Waals surface area contributed by atoms with Gasteiger partial charge in [0, 0.05) is 42.3 Å². The standard InChI is InChI=1S/C19H25ClN4/c1-14-4-2-3-9-24(14)18-12-23(13-18)11-16-10-21-22-19(16)15-5-7-17(20)8-6-15/h5-8,10,14,18H,2-4,9,11-13H2,1H3,(H,21,22). The Bertz CT molecular complexity index is 675. The Hall–Kier alpha value is -1.36. The Morgan fingerprint density at radius 2 is 2.00 bits per heavy atom. The summed E-state index contributed by atoms with van der Waals surface area (Å²) < 4.78 is 0. The molecule has 1 aromatic carbocycles. The first-order valence-electron chi connectivity index (χ1n) is 8.97. The summed E-state index contributed by atoms with van der Waals surface area (Å²) >= 11 is 5.99. The Kier molecular flexibility index (Phi) is 4.61. The number of piperidine rings is 1. The highest BCUT2D eigenvalue weighted by molar-refractivity contribution is 6.30. The molecule has 0 radical (unpaired) electrons. The third kappa shape index (κ3) is 3.23. The molecule has 128 valence electrons. The van der Waals surface area contributed by atoms with Crippen molar-refractivity contribution in [3.05, 3.63) is 41.0 Å². The number of nitrogens with zero attached hydrogens (tertiary/aromatic N) is 3. The molecular weight excluding hydrogens is 320 g/mol. The summed E-state index contributed by atoms with van der Waals surface area (Å²) in [5.74, 6) is 0. The zero-order chi connectivity index (χ0) is 16.5. The molecule has 0 saturated carbocycles. The minimum atomic E-state index is 0.742. The van der Waals surface area contributed by atoms with Crippen LogP contribution >= 0.6 is 11.6 Å². The van der Waals surface area contributed by atoms with Gasteiger partial charge >= 0.3 is 0 Å². The number of halogens is 1. The molecule has 2 aromatic rings. The molecule has 2 aliphatic heterocycles. The van der Waals surface area contributed by atoms with Gasteiger partial charge in [0.05, 0.1) is 11.9 Å². The zero-order valence-corrected chi connectivity index (χ0v) is 15.0. The molecule has 1 aromatic heterocycles. The lowest BCUT2D eigenvalue weighted by Gasteiger charge is -2.49. The first-order chi connectivity index (χ1) is 11.7. The topological polar surface area (TPSA) is 35.2 Å². The summed E-state index contributed by atoms with van der Waals surface area (Å²) in [4.78, 5) is 5.24. The van der Waals surface area contributed by atoms with E-state index in [4.69, 9.17) is 11.6 Å². The molecule has 5 heteroatoms. The molecule has 1 unspecified atom stereocenters. The van der Waals surface area contributed by atoms with Gasteiger partial charge in [0.1, 0.15) is 0 Å². The first-order valence-corrected chi connectivity index (χ1v) is 9.35. The summed E-state index contributed by atoms with van der Waals surface area (Å²) in [6, 6.07) is 9.45. The van der Waals surface area contributed by atoms with E-state index in [1.165, 1.54) is 44.5 Å². The number of H-pyrrole nitrogens is 1. The Labute approximate surface area is 148 Å². The van der Waals surface area contributed by atoms with E-state index in [9.17, 15) is 0 Å². The van der Waals surface area contributed by atoms with E-state index >= 15 is 0 Å². The van der Waals surface area contributed by atoms with E-state index in [0.29, 0.717) is 0 Å². The van der Waals surface area contributed by atoms with Crippen molar-refractivity contribution in [2.45, 2.75) is 44.8 Å². The molecule has 0 aliphatic carbocycles. The number of hydrogen-bond acceptors (Lipinski definition) is 3. The predicted molar refractivity (Wildman–Crippen MR) is 98.1 cm³/mol. The van der Waals surface area contributed by atoms with Gasteiger partial charge in [-0.2, -0.15) is 5.10 Å². The van der Waals surface area contributed by atoms with Gasteiger partial charge in [-0.15, -0.1) is 0 Å². The fraction of sp³-hybridized carbons (Fsp3) is 0.526. The van der Waals surface area contributed by atoms with Crippen LogP contribution in [0.2, 0.25) is 5.02 Å². The third-order valence-electron chi connectivity index (χ3n) is 5.51. The Balaban J connectivity index is 1.38. The summed E-state index contributed by atoms with van der Waals surface area (Å²) in [7, 11) is 0. The van der Waals surface area contributed by atoms with E-state index < -0.39 is 0 Å². The molecule has 24 heavy (non-hydrogen) atoms. The Morgan fingerprint density at radius 1 is 1.21 bits per heavy atom. The van der Waals surface area contributed by atoms with Crippen molar-refractivity contribution in [3.8, 4) is 11.3 Å². The maximum atomic E-state index is 5.99. The molecule has 3 heterocycles. The van der Waals surface area contributed by atoms with Gasteiger partial charge in [-0.25, -0.2) is 0 Å². The molecule has 0 bridgehead atoms. The monoisotopic (exact) mass is 344 g/mol. The van der Waals surface area contributed by atoms with Crippen LogP contribution in [-0.4, -0.2) is 51.7 Å². The smallest absolute Gasteiger partial charge is 0.0695 e. The summed E-state index contributed by atoms with van der Waals surface area (Å²) in [6.45, 7) is 6.98. The van der Waals surface area contributed by atoms with E-state index in [-0.39, 0.29) is 0 Å². The Morgan fingerprint density at radius 3 is 2.75 bits per heavy atom. The number of aromatic amines is 1. The van der Waals surface area contributed by atoms with E-state index in [1.807, 2.05) is 30.5 Å². The quantitative estimate of drug-likeness (QED) is 0.916. The largest absolute Gasteiger partial charge is 0.296 e. The first kappa shape index (κ1) is 16.1. The SMILES string of the molecule is CC1CCCCN1C1CN(Cc2cn[nH]c2-c2ccc(Cl)cc2)C1. The van der Waals surface area contributed by atoms with Crippen molar-refractivity contribution in [2.24, 2.45) is 0 Å². The molecule has 4 rings (SSSR count).